The molecular formula is C14H30O5Si. The molecular weight excluding hydrogens is 276 g/mol. The zero-order valence-corrected chi connectivity index (χ0v) is 14.7. The molecule has 0 saturated carbocycles. The van der Waals surface area contributed by atoms with Crippen LogP contribution in [0.5, 0.6) is 0 Å². The first-order valence-electron chi connectivity index (χ1n) is 7.33. The van der Waals surface area contributed by atoms with Crippen molar-refractivity contribution in [3.8, 4) is 0 Å². The van der Waals surface area contributed by atoms with Crippen LogP contribution in [-0.4, -0.2) is 42.7 Å². The minimum Gasteiger partial charge on any atom is -0.465 e. The second-order valence-electron chi connectivity index (χ2n) is 4.98. The van der Waals surface area contributed by atoms with E-state index in [-0.39, 0.29) is 5.97 Å². The first-order valence-corrected chi connectivity index (χ1v) is 9.13. The van der Waals surface area contributed by atoms with Crippen LogP contribution in [0.4, 0.5) is 0 Å². The maximum atomic E-state index is 12.1. The number of ether oxygens (including phenoxy) is 1. The Hall–Kier alpha value is -0.433. The maximum Gasteiger partial charge on any atom is 0.514 e. The molecule has 0 bridgehead atoms. The van der Waals surface area contributed by atoms with Gasteiger partial charge in [-0.2, -0.15) is 0 Å². The highest BCUT2D eigenvalue weighted by molar-refractivity contribution is 6.65. The van der Waals surface area contributed by atoms with Crippen LogP contribution in [0, 0.1) is 5.92 Å². The van der Waals surface area contributed by atoms with Crippen molar-refractivity contribution in [2.75, 3.05) is 27.9 Å². The third-order valence-corrected chi connectivity index (χ3v) is 6.75. The molecule has 5 nitrogen and oxygen atoms in total. The third kappa shape index (κ3) is 5.52. The van der Waals surface area contributed by atoms with Crippen molar-refractivity contribution < 1.29 is 22.8 Å². The minimum absolute atomic E-state index is 0.308. The van der Waals surface area contributed by atoms with E-state index >= 15 is 0 Å². The highest BCUT2D eigenvalue weighted by Crippen LogP contribution is 2.25. The van der Waals surface area contributed by atoms with E-state index < -0.39 is 14.3 Å². The molecule has 0 N–H and O–H groups in total. The molecule has 0 saturated heterocycles. The second kappa shape index (κ2) is 10.3. The zero-order chi connectivity index (χ0) is 15.6. The Kier molecular flexibility index (Phi) is 10.1. The number of unbranched alkanes of at least 4 members (excludes halogenated alkanes) is 1. The summed E-state index contributed by atoms with van der Waals surface area (Å²) in [6.45, 7) is 6.48. The molecule has 0 aliphatic carbocycles. The van der Waals surface area contributed by atoms with Crippen LogP contribution in [-0.2, 0) is 22.8 Å². The lowest BCUT2D eigenvalue weighted by atomic mass is 10.0. The second-order valence-corrected chi connectivity index (χ2v) is 8.28. The summed E-state index contributed by atoms with van der Waals surface area (Å²) >= 11 is 0. The van der Waals surface area contributed by atoms with Crippen molar-refractivity contribution in [3.63, 3.8) is 0 Å². The van der Waals surface area contributed by atoms with Gasteiger partial charge in [-0.1, -0.05) is 33.1 Å². The molecule has 2 unspecified atom stereocenters. The van der Waals surface area contributed by atoms with Crippen LogP contribution < -0.4 is 0 Å². The van der Waals surface area contributed by atoms with Crippen molar-refractivity contribution in [1.29, 1.82) is 0 Å². The standard InChI is InChI=1S/C14H30O5Si/c1-7-9-10-13(8-2)11-19-14(15)12(3)20(16-4,17-5)18-6/h12-13H,7-11H2,1-6H3. The summed E-state index contributed by atoms with van der Waals surface area (Å²) in [5.74, 6) is 0.118. The Morgan fingerprint density at radius 3 is 2.05 bits per heavy atom. The molecule has 0 amide bonds. The Bertz CT molecular complexity index is 260. The van der Waals surface area contributed by atoms with E-state index in [9.17, 15) is 4.79 Å². The number of carbonyl (C=O) groups is 1. The molecule has 0 fully saturated rings. The number of hydrogen-bond acceptors (Lipinski definition) is 5. The van der Waals surface area contributed by atoms with E-state index in [4.69, 9.17) is 18.0 Å². The van der Waals surface area contributed by atoms with Gasteiger partial charge in [0, 0.05) is 21.3 Å². The molecule has 0 aromatic carbocycles. The number of rotatable bonds is 11. The maximum absolute atomic E-state index is 12.1. The van der Waals surface area contributed by atoms with Gasteiger partial charge in [0.2, 0.25) is 0 Å². The van der Waals surface area contributed by atoms with Gasteiger partial charge < -0.3 is 18.0 Å². The van der Waals surface area contributed by atoms with Crippen LogP contribution in [0.2, 0.25) is 5.54 Å². The fraction of sp³-hybridized carbons (Fsp3) is 0.929. The number of esters is 1. The van der Waals surface area contributed by atoms with E-state index in [1.165, 1.54) is 27.8 Å². The van der Waals surface area contributed by atoms with Gasteiger partial charge in [-0.25, -0.2) is 0 Å². The molecule has 6 heteroatoms. The van der Waals surface area contributed by atoms with E-state index in [1.807, 2.05) is 0 Å². The van der Waals surface area contributed by atoms with E-state index in [0.717, 1.165) is 19.3 Å². The van der Waals surface area contributed by atoms with Crippen molar-refractivity contribution in [1.82, 2.24) is 0 Å². The lowest BCUT2D eigenvalue weighted by Gasteiger charge is -2.29. The number of hydrogen-bond donors (Lipinski definition) is 0. The largest absolute Gasteiger partial charge is 0.514 e. The van der Waals surface area contributed by atoms with Crippen molar-refractivity contribution in [3.05, 3.63) is 0 Å². The van der Waals surface area contributed by atoms with Crippen LogP contribution >= 0.6 is 0 Å². The molecule has 2 atom stereocenters. The summed E-state index contributed by atoms with van der Waals surface area (Å²) in [5, 5.41) is 0. The van der Waals surface area contributed by atoms with Gasteiger partial charge >= 0.3 is 14.8 Å². The van der Waals surface area contributed by atoms with Gasteiger partial charge in [-0.15, -0.1) is 0 Å². The topological polar surface area (TPSA) is 54.0 Å². The smallest absolute Gasteiger partial charge is 0.465 e. The molecule has 0 aliphatic rings. The summed E-state index contributed by atoms with van der Waals surface area (Å²) in [6.07, 6.45) is 4.44. The van der Waals surface area contributed by atoms with Crippen molar-refractivity contribution in [2.45, 2.75) is 52.0 Å². The lowest BCUT2D eigenvalue weighted by Crippen LogP contribution is -2.49. The first kappa shape index (κ1) is 19.6. The van der Waals surface area contributed by atoms with Gasteiger partial charge in [0.05, 0.1) is 6.61 Å². The Labute approximate surface area is 124 Å². The highest BCUT2D eigenvalue weighted by atomic mass is 28.4. The lowest BCUT2D eigenvalue weighted by molar-refractivity contribution is -0.146. The molecule has 0 radical (unpaired) electrons. The average Bonchev–Trinajstić information content (AvgIpc) is 2.49. The van der Waals surface area contributed by atoms with Gasteiger partial charge in [0.15, 0.2) is 0 Å². The third-order valence-electron chi connectivity index (χ3n) is 3.74. The fourth-order valence-electron chi connectivity index (χ4n) is 2.15. The average molecular weight is 306 g/mol. The van der Waals surface area contributed by atoms with Crippen molar-refractivity contribution in [2.24, 2.45) is 5.92 Å². The van der Waals surface area contributed by atoms with E-state index in [0.29, 0.717) is 12.5 Å². The SMILES string of the molecule is CCCCC(CC)COC(=O)C(C)[Si](OC)(OC)OC. The molecule has 0 rings (SSSR count). The fourth-order valence-corrected chi connectivity index (χ4v) is 4.08. The Morgan fingerprint density at radius 2 is 1.65 bits per heavy atom. The summed E-state index contributed by atoms with van der Waals surface area (Å²) in [6, 6.07) is 0. The number of carbonyl (C=O) groups excluding carboxylic acids is 1. The molecule has 120 valence electrons. The molecule has 0 aromatic rings. The van der Waals surface area contributed by atoms with Gasteiger partial charge in [-0.3, -0.25) is 4.79 Å². The highest BCUT2D eigenvalue weighted by Gasteiger charge is 2.49. The monoisotopic (exact) mass is 306 g/mol. The van der Waals surface area contributed by atoms with Crippen LogP contribution in [0.15, 0.2) is 0 Å². The van der Waals surface area contributed by atoms with Gasteiger partial charge in [-0.05, 0) is 19.3 Å². The van der Waals surface area contributed by atoms with Crippen LogP contribution in [0.25, 0.3) is 0 Å². The van der Waals surface area contributed by atoms with E-state index in [1.54, 1.807) is 6.92 Å². The van der Waals surface area contributed by atoms with E-state index in [2.05, 4.69) is 13.8 Å². The van der Waals surface area contributed by atoms with Crippen molar-refractivity contribution >= 4 is 14.8 Å². The Balaban J connectivity index is 4.44. The van der Waals surface area contributed by atoms with Crippen LogP contribution in [0.1, 0.15) is 46.5 Å². The molecule has 0 spiro atoms. The summed E-state index contributed by atoms with van der Waals surface area (Å²) in [5.41, 5.74) is -0.522. The molecule has 0 heterocycles. The molecule has 0 aromatic heterocycles. The zero-order valence-electron chi connectivity index (χ0n) is 13.7. The predicted molar refractivity (Wildman–Crippen MR) is 80.5 cm³/mol. The first-order chi connectivity index (χ1) is 9.51. The van der Waals surface area contributed by atoms with Gasteiger partial charge in [0.25, 0.3) is 0 Å². The molecule has 20 heavy (non-hydrogen) atoms. The predicted octanol–water partition coefficient (Wildman–Crippen LogP) is 3.01. The quantitative estimate of drug-likeness (QED) is 0.434. The normalized spacial score (nSPS) is 14.9. The van der Waals surface area contributed by atoms with Crippen LogP contribution in [0.3, 0.4) is 0 Å². The minimum atomic E-state index is -2.97. The summed E-state index contributed by atoms with van der Waals surface area (Å²) in [7, 11) is 1.53. The summed E-state index contributed by atoms with van der Waals surface area (Å²) < 4.78 is 21.4. The summed E-state index contributed by atoms with van der Waals surface area (Å²) in [4.78, 5) is 12.1. The van der Waals surface area contributed by atoms with Gasteiger partial charge in [0.1, 0.15) is 5.54 Å². The Morgan fingerprint density at radius 1 is 1.10 bits per heavy atom. The molecule has 0 aliphatic heterocycles.